The fourth-order valence-corrected chi connectivity index (χ4v) is 1.88. The molecule has 102 valence electrons. The van der Waals surface area contributed by atoms with Gasteiger partial charge in [0.15, 0.2) is 5.82 Å². The summed E-state index contributed by atoms with van der Waals surface area (Å²) in [4.78, 5) is 15.7. The van der Waals surface area contributed by atoms with Crippen LogP contribution in [0.15, 0.2) is 0 Å². The van der Waals surface area contributed by atoms with Crippen molar-refractivity contribution < 1.29 is 4.79 Å². The Bertz CT molecular complexity index is 540. The molecule has 0 saturated carbocycles. The molecule has 0 aliphatic heterocycles. The highest BCUT2D eigenvalue weighted by atomic mass is 35.5. The van der Waals surface area contributed by atoms with Crippen LogP contribution in [0.4, 0.5) is 5.82 Å². The van der Waals surface area contributed by atoms with E-state index in [2.05, 4.69) is 16.5 Å². The number of carbonyl (C=O) groups is 1. The molecule has 1 aromatic rings. The Morgan fingerprint density at radius 1 is 1.53 bits per heavy atom. The van der Waals surface area contributed by atoms with Crippen LogP contribution in [0.1, 0.15) is 23.2 Å². The summed E-state index contributed by atoms with van der Waals surface area (Å²) in [7, 11) is 1.61. The number of aromatic nitrogens is 1. The van der Waals surface area contributed by atoms with Gasteiger partial charge in [-0.1, -0.05) is 11.6 Å². The topological polar surface area (TPSA) is 69.0 Å². The van der Waals surface area contributed by atoms with Gasteiger partial charge in [-0.05, 0) is 19.4 Å². The Morgan fingerprint density at radius 2 is 2.16 bits per heavy atom. The third-order valence-electron chi connectivity index (χ3n) is 2.56. The fourth-order valence-electron chi connectivity index (χ4n) is 1.57. The first kappa shape index (κ1) is 15.5. The molecule has 7 heteroatoms. The van der Waals surface area contributed by atoms with E-state index in [0.29, 0.717) is 27.7 Å². The van der Waals surface area contributed by atoms with Crippen molar-refractivity contribution in [2.24, 2.45) is 0 Å². The molecule has 0 atom stereocenters. The molecule has 19 heavy (non-hydrogen) atoms. The van der Waals surface area contributed by atoms with Crippen LogP contribution >= 0.6 is 23.2 Å². The van der Waals surface area contributed by atoms with E-state index in [-0.39, 0.29) is 18.2 Å². The van der Waals surface area contributed by atoms with Gasteiger partial charge in [-0.2, -0.15) is 5.26 Å². The van der Waals surface area contributed by atoms with Crippen molar-refractivity contribution >= 4 is 34.9 Å². The van der Waals surface area contributed by atoms with E-state index < -0.39 is 0 Å². The number of alkyl halides is 1. The van der Waals surface area contributed by atoms with Crippen molar-refractivity contribution in [3.63, 3.8) is 0 Å². The lowest BCUT2D eigenvalue weighted by Gasteiger charge is -2.21. The Morgan fingerprint density at radius 3 is 2.68 bits per heavy atom. The molecule has 1 aromatic heterocycles. The molecule has 0 bridgehead atoms. The van der Waals surface area contributed by atoms with E-state index >= 15 is 0 Å². The number of carbonyl (C=O) groups excluding carboxylic acids is 1. The number of aryl methyl sites for hydroxylation is 1. The second kappa shape index (κ2) is 6.60. The first-order valence-corrected chi connectivity index (χ1v) is 6.49. The molecule has 0 spiro atoms. The monoisotopic (exact) mass is 300 g/mol. The number of amides is 1. The summed E-state index contributed by atoms with van der Waals surface area (Å²) in [5.74, 6) is 0.356. The van der Waals surface area contributed by atoms with E-state index in [1.807, 2.05) is 0 Å². The minimum absolute atomic E-state index is 0.194. The predicted octanol–water partition coefficient (Wildman–Crippen LogP) is 2.32. The minimum Gasteiger partial charge on any atom is -0.273 e. The van der Waals surface area contributed by atoms with E-state index in [1.165, 1.54) is 5.01 Å². The number of anilines is 1. The highest BCUT2D eigenvalue weighted by Gasteiger charge is 2.17. The van der Waals surface area contributed by atoms with Crippen LogP contribution in [-0.4, -0.2) is 23.8 Å². The quantitative estimate of drug-likeness (QED) is 0.684. The highest BCUT2D eigenvalue weighted by Crippen LogP contribution is 2.27. The van der Waals surface area contributed by atoms with Crippen LogP contribution < -0.4 is 10.4 Å². The van der Waals surface area contributed by atoms with Crippen molar-refractivity contribution in [1.82, 2.24) is 10.4 Å². The summed E-state index contributed by atoms with van der Waals surface area (Å²) in [6, 6.07) is 2.05. The predicted molar refractivity (Wildman–Crippen MR) is 75.3 cm³/mol. The number of rotatable bonds is 4. The zero-order chi connectivity index (χ0) is 14.6. The van der Waals surface area contributed by atoms with Gasteiger partial charge < -0.3 is 0 Å². The van der Waals surface area contributed by atoms with Crippen molar-refractivity contribution in [3.05, 3.63) is 21.8 Å². The van der Waals surface area contributed by atoms with Crippen LogP contribution in [0.25, 0.3) is 0 Å². The average molecular weight is 301 g/mol. The van der Waals surface area contributed by atoms with Gasteiger partial charge in [-0.3, -0.25) is 15.2 Å². The van der Waals surface area contributed by atoms with Gasteiger partial charge in [0.05, 0.1) is 10.7 Å². The van der Waals surface area contributed by atoms with Crippen molar-refractivity contribution in [2.45, 2.75) is 20.3 Å². The van der Waals surface area contributed by atoms with Crippen LogP contribution in [0, 0.1) is 25.2 Å². The molecule has 0 unspecified atom stereocenters. The lowest BCUT2D eigenvalue weighted by atomic mass is 10.1. The Kier molecular flexibility index (Phi) is 5.40. The molecule has 5 nitrogen and oxygen atoms in total. The lowest BCUT2D eigenvalue weighted by molar-refractivity contribution is -0.120. The summed E-state index contributed by atoms with van der Waals surface area (Å²) in [5.41, 5.74) is 4.18. The van der Waals surface area contributed by atoms with Crippen molar-refractivity contribution in [1.29, 1.82) is 5.26 Å². The molecule has 0 aliphatic rings. The standard InChI is InChI=1S/C12H14Cl2N4O/c1-7-9(6-15)12(16-8(2)11(7)14)18(3)17-10(19)4-5-13/h4-5H2,1-3H3,(H,17,19). The third-order valence-corrected chi connectivity index (χ3v) is 3.31. The summed E-state index contributed by atoms with van der Waals surface area (Å²) in [6.07, 6.45) is 0.194. The van der Waals surface area contributed by atoms with Crippen LogP contribution in [0.2, 0.25) is 5.02 Å². The van der Waals surface area contributed by atoms with Crippen LogP contribution in [0.5, 0.6) is 0 Å². The third kappa shape index (κ3) is 3.49. The molecule has 1 amide bonds. The number of hydrazine groups is 1. The van der Waals surface area contributed by atoms with Gasteiger partial charge in [-0.15, -0.1) is 11.6 Å². The van der Waals surface area contributed by atoms with Crippen molar-refractivity contribution in [2.75, 3.05) is 17.9 Å². The molecule has 0 saturated heterocycles. The maximum atomic E-state index is 11.5. The van der Waals surface area contributed by atoms with Gasteiger partial charge in [0, 0.05) is 19.3 Å². The van der Waals surface area contributed by atoms with Gasteiger partial charge in [-0.25, -0.2) is 4.98 Å². The fraction of sp³-hybridized carbons (Fsp3) is 0.417. The maximum Gasteiger partial charge on any atom is 0.239 e. The summed E-state index contributed by atoms with van der Waals surface area (Å²) in [6.45, 7) is 3.49. The molecule has 0 fully saturated rings. The van der Waals surface area contributed by atoms with Gasteiger partial charge in [0.25, 0.3) is 0 Å². The van der Waals surface area contributed by atoms with Gasteiger partial charge >= 0.3 is 0 Å². The van der Waals surface area contributed by atoms with Gasteiger partial charge in [0.1, 0.15) is 11.6 Å². The number of pyridine rings is 1. The first-order valence-electron chi connectivity index (χ1n) is 5.58. The molecular formula is C12H14Cl2N4O. The average Bonchev–Trinajstić information content (AvgIpc) is 2.35. The Labute approximate surface area is 122 Å². The minimum atomic E-state index is -0.242. The normalized spacial score (nSPS) is 9.89. The van der Waals surface area contributed by atoms with E-state index in [1.54, 1.807) is 20.9 Å². The number of halogens is 2. The first-order chi connectivity index (χ1) is 8.92. The van der Waals surface area contributed by atoms with E-state index in [0.717, 1.165) is 0 Å². The van der Waals surface area contributed by atoms with E-state index in [4.69, 9.17) is 23.2 Å². The molecule has 0 aromatic carbocycles. The zero-order valence-electron chi connectivity index (χ0n) is 10.9. The lowest BCUT2D eigenvalue weighted by Crippen LogP contribution is -2.40. The summed E-state index contributed by atoms with van der Waals surface area (Å²) < 4.78 is 0. The number of hydrogen-bond acceptors (Lipinski definition) is 4. The van der Waals surface area contributed by atoms with E-state index in [9.17, 15) is 10.1 Å². The maximum absolute atomic E-state index is 11.5. The second-order valence-electron chi connectivity index (χ2n) is 3.98. The smallest absolute Gasteiger partial charge is 0.239 e. The second-order valence-corrected chi connectivity index (χ2v) is 4.74. The Hall–Kier alpha value is -1.51. The molecule has 0 radical (unpaired) electrons. The SMILES string of the molecule is Cc1nc(N(C)NC(=O)CCCl)c(C#N)c(C)c1Cl. The summed E-state index contributed by atoms with van der Waals surface area (Å²) in [5, 5.41) is 11.1. The number of nitrogens with zero attached hydrogens (tertiary/aromatic N) is 3. The van der Waals surface area contributed by atoms with Crippen molar-refractivity contribution in [3.8, 4) is 6.07 Å². The zero-order valence-corrected chi connectivity index (χ0v) is 12.4. The molecule has 1 N–H and O–H groups in total. The molecule has 1 rings (SSSR count). The van der Waals surface area contributed by atoms with Gasteiger partial charge in [0.2, 0.25) is 5.91 Å². The largest absolute Gasteiger partial charge is 0.273 e. The number of hydrogen-bond donors (Lipinski definition) is 1. The molecule has 0 aliphatic carbocycles. The number of nitrogens with one attached hydrogen (secondary N) is 1. The Balaban J connectivity index is 3.13. The van der Waals surface area contributed by atoms with Crippen LogP contribution in [0.3, 0.4) is 0 Å². The van der Waals surface area contributed by atoms with Crippen LogP contribution in [-0.2, 0) is 4.79 Å². The highest BCUT2D eigenvalue weighted by molar-refractivity contribution is 6.32. The molecule has 1 heterocycles. The number of nitriles is 1. The molecular weight excluding hydrogens is 287 g/mol. The summed E-state index contributed by atoms with van der Waals surface area (Å²) >= 11 is 11.5.